The lowest BCUT2D eigenvalue weighted by molar-refractivity contribution is -0.134. The molecule has 3 heterocycles. The molecule has 1 saturated heterocycles. The molecule has 2 aromatic heterocycles. The van der Waals surface area contributed by atoms with Gasteiger partial charge in [0, 0.05) is 37.0 Å². The predicted octanol–water partition coefficient (Wildman–Crippen LogP) is 4.35. The molecule has 0 aliphatic carbocycles. The number of carbonyl (C=O) groups is 1. The summed E-state index contributed by atoms with van der Waals surface area (Å²) in [6.45, 7) is 6.79. The fourth-order valence-electron chi connectivity index (χ4n) is 4.92. The number of piperidine rings is 1. The van der Waals surface area contributed by atoms with E-state index in [4.69, 9.17) is 21.3 Å². The summed E-state index contributed by atoms with van der Waals surface area (Å²) in [5.74, 6) is 1.71. The minimum atomic E-state index is -0.695. The summed E-state index contributed by atoms with van der Waals surface area (Å²) in [5.41, 5.74) is 15.3. The zero-order valence-electron chi connectivity index (χ0n) is 21.9. The largest absolute Gasteiger partial charge is 0.457 e. The van der Waals surface area contributed by atoms with Gasteiger partial charge in [0.1, 0.15) is 29.3 Å². The van der Waals surface area contributed by atoms with E-state index in [1.165, 1.54) is 6.33 Å². The standard InChI is InChI=1S/C29H32N8O2/c1-3-32-19(2)16-24(30)29(38)36-15-7-8-21(17-36)37-28-25(27(31)33-18-34-28)26(35-37)20-11-13-23(14-12-20)39-22-9-5-4-6-10-22/h3-6,9-14,18,21,24H,2,7-8,15-17,30H2,1H3,(H2,31,33,34)/t21-,24+/m1/s1. The maximum atomic E-state index is 13.1. The number of nitrogens with zero attached hydrogens (tertiary/aromatic N) is 6. The van der Waals surface area contributed by atoms with E-state index in [-0.39, 0.29) is 11.9 Å². The van der Waals surface area contributed by atoms with E-state index in [1.54, 1.807) is 18.0 Å². The van der Waals surface area contributed by atoms with E-state index < -0.39 is 6.04 Å². The molecule has 2 atom stereocenters. The van der Waals surface area contributed by atoms with Gasteiger partial charge < -0.3 is 21.1 Å². The Morgan fingerprint density at radius 1 is 1.18 bits per heavy atom. The van der Waals surface area contributed by atoms with E-state index in [0.29, 0.717) is 53.5 Å². The van der Waals surface area contributed by atoms with Crippen LogP contribution >= 0.6 is 0 Å². The van der Waals surface area contributed by atoms with Crippen molar-refractivity contribution in [3.8, 4) is 22.8 Å². The summed E-state index contributed by atoms with van der Waals surface area (Å²) >= 11 is 0. The topological polar surface area (TPSA) is 138 Å². The van der Waals surface area contributed by atoms with Crippen molar-refractivity contribution in [2.45, 2.75) is 38.3 Å². The lowest BCUT2D eigenvalue weighted by Crippen LogP contribution is -2.48. The Labute approximate surface area is 227 Å². The maximum absolute atomic E-state index is 13.1. The minimum absolute atomic E-state index is 0.0852. The molecular weight excluding hydrogens is 492 g/mol. The SMILES string of the molecule is C=C(C[C@H](N)C(=O)N1CCC[C@@H](n2nc(-c3ccc(Oc4ccccc4)cc3)c3c(N)ncnc32)C1)N=CC. The van der Waals surface area contributed by atoms with Crippen molar-refractivity contribution in [2.24, 2.45) is 10.7 Å². The van der Waals surface area contributed by atoms with E-state index in [2.05, 4.69) is 21.5 Å². The van der Waals surface area contributed by atoms with Gasteiger partial charge in [-0.05, 0) is 56.2 Å². The quantitative estimate of drug-likeness (QED) is 0.327. The van der Waals surface area contributed by atoms with Crippen molar-refractivity contribution in [3.05, 3.63) is 73.2 Å². The first-order chi connectivity index (χ1) is 18.9. The van der Waals surface area contributed by atoms with Crippen LogP contribution < -0.4 is 16.2 Å². The third-order valence-electron chi connectivity index (χ3n) is 6.76. The molecule has 2 aromatic carbocycles. The summed E-state index contributed by atoms with van der Waals surface area (Å²) in [5, 5.41) is 5.64. The van der Waals surface area contributed by atoms with Gasteiger partial charge in [0.25, 0.3) is 0 Å². The van der Waals surface area contributed by atoms with Gasteiger partial charge in [-0.2, -0.15) is 5.10 Å². The van der Waals surface area contributed by atoms with Crippen molar-refractivity contribution < 1.29 is 9.53 Å². The number of para-hydroxylation sites is 1. The zero-order valence-corrected chi connectivity index (χ0v) is 21.9. The van der Waals surface area contributed by atoms with Crippen LogP contribution in [0.25, 0.3) is 22.3 Å². The first-order valence-corrected chi connectivity index (χ1v) is 13.0. The predicted molar refractivity (Wildman–Crippen MR) is 152 cm³/mol. The van der Waals surface area contributed by atoms with Gasteiger partial charge in [0.05, 0.1) is 17.5 Å². The molecule has 0 radical (unpaired) electrons. The van der Waals surface area contributed by atoms with Crippen LogP contribution in [0.5, 0.6) is 11.5 Å². The van der Waals surface area contributed by atoms with E-state index in [0.717, 1.165) is 24.2 Å². The molecule has 1 aliphatic rings. The molecule has 10 nitrogen and oxygen atoms in total. The van der Waals surface area contributed by atoms with Crippen LogP contribution in [0.2, 0.25) is 0 Å². The fraction of sp³-hybridized carbons (Fsp3) is 0.276. The van der Waals surface area contributed by atoms with Gasteiger partial charge in [-0.15, -0.1) is 0 Å². The lowest BCUT2D eigenvalue weighted by atomic mass is 10.0. The van der Waals surface area contributed by atoms with Crippen molar-refractivity contribution >= 4 is 29.0 Å². The molecule has 0 unspecified atom stereocenters. The molecule has 5 rings (SSSR count). The number of aliphatic imine (C=N–C) groups is 1. The lowest BCUT2D eigenvalue weighted by Gasteiger charge is -2.34. The van der Waals surface area contributed by atoms with Gasteiger partial charge in [0.2, 0.25) is 5.91 Å². The Kier molecular flexibility index (Phi) is 7.64. The third kappa shape index (κ3) is 5.65. The number of rotatable bonds is 8. The number of likely N-dealkylation sites (tertiary alicyclic amines) is 1. The summed E-state index contributed by atoms with van der Waals surface area (Å²) in [6.07, 6.45) is 5.06. The molecular formula is C29H32N8O2. The second kappa shape index (κ2) is 11.4. The second-order valence-corrected chi connectivity index (χ2v) is 9.53. The van der Waals surface area contributed by atoms with Crippen molar-refractivity contribution in [3.63, 3.8) is 0 Å². The monoisotopic (exact) mass is 524 g/mol. The average molecular weight is 525 g/mol. The zero-order chi connectivity index (χ0) is 27.4. The highest BCUT2D eigenvalue weighted by Crippen LogP contribution is 2.35. The first-order valence-electron chi connectivity index (χ1n) is 13.0. The number of aromatic nitrogens is 4. The van der Waals surface area contributed by atoms with Gasteiger partial charge >= 0.3 is 0 Å². The maximum Gasteiger partial charge on any atom is 0.239 e. The highest BCUT2D eigenvalue weighted by molar-refractivity contribution is 5.98. The van der Waals surface area contributed by atoms with Gasteiger partial charge in [-0.3, -0.25) is 9.79 Å². The number of anilines is 1. The number of fused-ring (bicyclic) bond motifs is 1. The summed E-state index contributed by atoms with van der Waals surface area (Å²) < 4.78 is 7.81. The van der Waals surface area contributed by atoms with E-state index >= 15 is 0 Å². The molecule has 39 heavy (non-hydrogen) atoms. The second-order valence-electron chi connectivity index (χ2n) is 9.53. The number of nitrogens with two attached hydrogens (primary N) is 2. The first kappa shape index (κ1) is 26.1. The van der Waals surface area contributed by atoms with Crippen LogP contribution in [0.15, 0.2) is 78.2 Å². The Morgan fingerprint density at radius 2 is 1.92 bits per heavy atom. The summed E-state index contributed by atoms with van der Waals surface area (Å²) in [7, 11) is 0. The Morgan fingerprint density at radius 3 is 2.67 bits per heavy atom. The molecule has 1 aliphatic heterocycles. The fourth-order valence-corrected chi connectivity index (χ4v) is 4.92. The normalized spacial score (nSPS) is 16.5. The number of hydrogen-bond donors (Lipinski definition) is 2. The molecule has 4 N–H and O–H groups in total. The number of carbonyl (C=O) groups excluding carboxylic acids is 1. The van der Waals surface area contributed by atoms with Crippen molar-refractivity contribution in [2.75, 3.05) is 18.8 Å². The average Bonchev–Trinajstić information content (AvgIpc) is 3.35. The van der Waals surface area contributed by atoms with Gasteiger partial charge in [-0.25, -0.2) is 14.6 Å². The summed E-state index contributed by atoms with van der Waals surface area (Å²) in [4.78, 5) is 27.8. The molecule has 1 fully saturated rings. The number of ether oxygens (including phenoxy) is 1. The van der Waals surface area contributed by atoms with Crippen LogP contribution in [-0.4, -0.2) is 55.9 Å². The van der Waals surface area contributed by atoms with E-state index in [9.17, 15) is 4.79 Å². The molecule has 0 saturated carbocycles. The highest BCUT2D eigenvalue weighted by Gasteiger charge is 2.31. The molecule has 200 valence electrons. The van der Waals surface area contributed by atoms with Crippen LogP contribution in [0.4, 0.5) is 5.82 Å². The number of hydrogen-bond acceptors (Lipinski definition) is 8. The number of amides is 1. The molecule has 0 spiro atoms. The Hall–Kier alpha value is -4.57. The molecule has 4 aromatic rings. The number of benzene rings is 2. The Balaban J connectivity index is 1.41. The van der Waals surface area contributed by atoms with Crippen molar-refractivity contribution in [1.29, 1.82) is 0 Å². The minimum Gasteiger partial charge on any atom is -0.457 e. The molecule has 1 amide bonds. The smallest absolute Gasteiger partial charge is 0.239 e. The van der Waals surface area contributed by atoms with Crippen LogP contribution in [-0.2, 0) is 4.79 Å². The van der Waals surface area contributed by atoms with Gasteiger partial charge in [-0.1, -0.05) is 24.8 Å². The van der Waals surface area contributed by atoms with Crippen LogP contribution in [0.3, 0.4) is 0 Å². The van der Waals surface area contributed by atoms with Crippen molar-refractivity contribution in [1.82, 2.24) is 24.6 Å². The molecule has 0 bridgehead atoms. The van der Waals surface area contributed by atoms with Crippen LogP contribution in [0, 0.1) is 0 Å². The Bertz CT molecular complexity index is 1500. The summed E-state index contributed by atoms with van der Waals surface area (Å²) in [6, 6.07) is 16.5. The molecule has 10 heteroatoms. The van der Waals surface area contributed by atoms with Gasteiger partial charge in [0.15, 0.2) is 5.65 Å². The highest BCUT2D eigenvalue weighted by atomic mass is 16.5. The third-order valence-corrected chi connectivity index (χ3v) is 6.76. The van der Waals surface area contributed by atoms with Crippen LogP contribution in [0.1, 0.15) is 32.2 Å². The van der Waals surface area contributed by atoms with E-state index in [1.807, 2.05) is 59.3 Å². The number of nitrogen functional groups attached to an aromatic ring is 1.